The van der Waals surface area contributed by atoms with Gasteiger partial charge in [-0.2, -0.15) is 0 Å². The number of carbonyl (C=O) groups excluding carboxylic acids is 1. The van der Waals surface area contributed by atoms with Crippen molar-refractivity contribution >= 4 is 5.91 Å². The summed E-state index contributed by atoms with van der Waals surface area (Å²) in [7, 11) is 0. The Morgan fingerprint density at radius 2 is 1.94 bits per heavy atom. The van der Waals surface area contributed by atoms with Gasteiger partial charge in [0.1, 0.15) is 11.6 Å². The zero-order valence-electron chi connectivity index (χ0n) is 20.5. The fourth-order valence-electron chi connectivity index (χ4n) is 5.03. The van der Waals surface area contributed by atoms with Crippen molar-refractivity contribution < 1.29 is 34.0 Å². The summed E-state index contributed by atoms with van der Waals surface area (Å²) < 4.78 is 52.1. The minimum atomic E-state index is -2.46. The standard InChI is InChI=1S/C27H33F3N2O4.H2/c1-19-15-21(5-8-23(19)35-14-2-13-33)26(34)32-11-9-27(10-12-32)18-31(17-25(29)30)16-24(36-27)20-3-6-22(28)7-4-20;/h3-8,15,24-25,33H,2,9-14,16-18H2,1H3;1H. The van der Waals surface area contributed by atoms with Gasteiger partial charge < -0.3 is 19.5 Å². The van der Waals surface area contributed by atoms with E-state index in [0.29, 0.717) is 63.4 Å². The fourth-order valence-corrected chi connectivity index (χ4v) is 5.03. The molecule has 0 bridgehead atoms. The summed E-state index contributed by atoms with van der Waals surface area (Å²) in [5.41, 5.74) is 1.51. The maximum atomic E-state index is 13.4. The van der Waals surface area contributed by atoms with Crippen LogP contribution in [0.5, 0.6) is 5.75 Å². The highest BCUT2D eigenvalue weighted by Crippen LogP contribution is 2.38. The zero-order valence-corrected chi connectivity index (χ0v) is 20.5. The molecule has 1 atom stereocenters. The first-order valence-electron chi connectivity index (χ1n) is 12.4. The zero-order chi connectivity index (χ0) is 25.7. The van der Waals surface area contributed by atoms with Crippen molar-refractivity contribution in [1.29, 1.82) is 0 Å². The topological polar surface area (TPSA) is 62.2 Å². The number of aliphatic hydroxyl groups is 1. The number of halogens is 3. The Kier molecular flexibility index (Phi) is 8.54. The molecular weight excluding hydrogens is 473 g/mol. The lowest BCUT2D eigenvalue weighted by molar-refractivity contribution is -0.180. The number of amides is 1. The van der Waals surface area contributed by atoms with E-state index in [1.54, 1.807) is 40.1 Å². The van der Waals surface area contributed by atoms with Gasteiger partial charge in [0, 0.05) is 46.2 Å². The van der Waals surface area contributed by atoms with Crippen LogP contribution in [0.25, 0.3) is 0 Å². The van der Waals surface area contributed by atoms with Gasteiger partial charge >= 0.3 is 0 Å². The molecule has 0 radical (unpaired) electrons. The number of piperidine rings is 1. The van der Waals surface area contributed by atoms with Gasteiger partial charge in [0.25, 0.3) is 12.3 Å². The first kappa shape index (κ1) is 26.4. The molecule has 2 aliphatic rings. The third-order valence-corrected chi connectivity index (χ3v) is 6.91. The van der Waals surface area contributed by atoms with Gasteiger partial charge in [-0.05, 0) is 61.2 Å². The van der Waals surface area contributed by atoms with E-state index < -0.39 is 18.1 Å². The number of hydrogen-bond donors (Lipinski definition) is 1. The van der Waals surface area contributed by atoms with Gasteiger partial charge in [-0.25, -0.2) is 13.2 Å². The molecule has 9 heteroatoms. The average molecular weight is 509 g/mol. The number of carbonyl (C=O) groups is 1. The van der Waals surface area contributed by atoms with Gasteiger partial charge in [-0.3, -0.25) is 9.69 Å². The number of ether oxygens (including phenoxy) is 2. The SMILES string of the molecule is Cc1cc(C(=O)N2CCC3(CC2)CN(CC(F)F)CC(c2ccc(F)cc2)O3)ccc1OCCCO.[HH]. The molecule has 2 aromatic rings. The second-order valence-corrected chi connectivity index (χ2v) is 9.62. The Labute approximate surface area is 211 Å². The molecule has 36 heavy (non-hydrogen) atoms. The van der Waals surface area contributed by atoms with E-state index in [1.807, 2.05) is 6.92 Å². The molecule has 6 nitrogen and oxygen atoms in total. The van der Waals surface area contributed by atoms with Crippen LogP contribution in [0.1, 0.15) is 48.3 Å². The van der Waals surface area contributed by atoms with Gasteiger partial charge in [0.2, 0.25) is 0 Å². The second-order valence-electron chi connectivity index (χ2n) is 9.62. The highest BCUT2D eigenvalue weighted by molar-refractivity contribution is 5.94. The van der Waals surface area contributed by atoms with Crippen LogP contribution in [0.15, 0.2) is 42.5 Å². The van der Waals surface area contributed by atoms with Crippen molar-refractivity contribution in [2.45, 2.75) is 44.3 Å². The molecule has 2 saturated heterocycles. The number of morpholine rings is 1. The summed E-state index contributed by atoms with van der Waals surface area (Å²) in [6.07, 6.45) is -1.32. The number of hydrogen-bond acceptors (Lipinski definition) is 5. The van der Waals surface area contributed by atoms with Gasteiger partial charge in [0.15, 0.2) is 0 Å². The number of aryl methyl sites for hydroxylation is 1. The Bertz CT molecular complexity index is 1030. The van der Waals surface area contributed by atoms with Crippen LogP contribution in [0, 0.1) is 12.7 Å². The quantitative estimate of drug-likeness (QED) is 0.534. The summed E-state index contributed by atoms with van der Waals surface area (Å²) in [4.78, 5) is 16.7. The third-order valence-electron chi connectivity index (χ3n) is 6.91. The van der Waals surface area contributed by atoms with Crippen LogP contribution in [0.2, 0.25) is 0 Å². The first-order valence-corrected chi connectivity index (χ1v) is 12.4. The van der Waals surface area contributed by atoms with Crippen molar-refractivity contribution in [3.63, 3.8) is 0 Å². The molecule has 0 aromatic heterocycles. The van der Waals surface area contributed by atoms with Crippen molar-refractivity contribution in [2.24, 2.45) is 0 Å². The summed E-state index contributed by atoms with van der Waals surface area (Å²) >= 11 is 0. The number of likely N-dealkylation sites (tertiary alicyclic amines) is 1. The van der Waals surface area contributed by atoms with Crippen LogP contribution >= 0.6 is 0 Å². The molecule has 4 rings (SSSR count). The van der Waals surface area contributed by atoms with Crippen molar-refractivity contribution in [1.82, 2.24) is 9.80 Å². The van der Waals surface area contributed by atoms with Crippen LogP contribution in [0.3, 0.4) is 0 Å². The molecule has 1 amide bonds. The molecule has 2 aromatic carbocycles. The lowest BCUT2D eigenvalue weighted by Gasteiger charge is -2.50. The Balaban J connectivity index is 0.00000380. The summed E-state index contributed by atoms with van der Waals surface area (Å²) in [5.74, 6) is 0.227. The van der Waals surface area contributed by atoms with Crippen LogP contribution in [-0.4, -0.2) is 78.8 Å². The molecular formula is C27H35F3N2O4. The van der Waals surface area contributed by atoms with Crippen molar-refractivity contribution in [3.8, 4) is 5.75 Å². The molecule has 1 spiro atoms. The summed E-state index contributed by atoms with van der Waals surface area (Å²) in [6, 6.07) is 11.3. The number of rotatable bonds is 8. The highest BCUT2D eigenvalue weighted by Gasteiger charge is 2.44. The monoisotopic (exact) mass is 508 g/mol. The van der Waals surface area contributed by atoms with E-state index in [0.717, 1.165) is 11.1 Å². The minimum Gasteiger partial charge on any atom is -0.493 e. The number of alkyl halides is 2. The molecule has 0 aliphatic carbocycles. The van der Waals surface area contributed by atoms with Crippen LogP contribution < -0.4 is 4.74 Å². The van der Waals surface area contributed by atoms with Crippen LogP contribution in [0.4, 0.5) is 13.2 Å². The smallest absolute Gasteiger partial charge is 0.253 e. The Morgan fingerprint density at radius 1 is 1.22 bits per heavy atom. The molecule has 1 N–H and O–H groups in total. The van der Waals surface area contributed by atoms with Crippen LogP contribution in [-0.2, 0) is 4.74 Å². The second kappa shape index (κ2) is 11.6. The third kappa shape index (κ3) is 6.38. The van der Waals surface area contributed by atoms with Gasteiger partial charge in [-0.1, -0.05) is 12.1 Å². The number of benzene rings is 2. The lowest BCUT2D eigenvalue weighted by Crippen LogP contribution is -2.58. The van der Waals surface area contributed by atoms with Crippen molar-refractivity contribution in [3.05, 3.63) is 65.0 Å². The Morgan fingerprint density at radius 3 is 2.58 bits per heavy atom. The predicted octanol–water partition coefficient (Wildman–Crippen LogP) is 4.45. The lowest BCUT2D eigenvalue weighted by atomic mass is 9.87. The van der Waals surface area contributed by atoms with E-state index in [4.69, 9.17) is 14.6 Å². The van der Waals surface area contributed by atoms with E-state index in [9.17, 15) is 18.0 Å². The molecule has 0 saturated carbocycles. The molecule has 2 aliphatic heterocycles. The van der Waals surface area contributed by atoms with E-state index >= 15 is 0 Å². The Hall–Kier alpha value is -2.62. The predicted molar refractivity (Wildman–Crippen MR) is 131 cm³/mol. The van der Waals surface area contributed by atoms with E-state index in [2.05, 4.69) is 0 Å². The molecule has 198 valence electrons. The molecule has 2 heterocycles. The minimum absolute atomic E-state index is 0. The van der Waals surface area contributed by atoms with Gasteiger partial charge in [-0.15, -0.1) is 0 Å². The molecule has 2 fully saturated rings. The fraction of sp³-hybridized carbons (Fsp3) is 0.519. The van der Waals surface area contributed by atoms with E-state index in [-0.39, 0.29) is 26.3 Å². The summed E-state index contributed by atoms with van der Waals surface area (Å²) in [5, 5.41) is 8.91. The van der Waals surface area contributed by atoms with Crippen molar-refractivity contribution in [2.75, 3.05) is 45.9 Å². The average Bonchev–Trinajstić information content (AvgIpc) is 2.85. The largest absolute Gasteiger partial charge is 0.493 e. The number of aliphatic hydroxyl groups excluding tert-OH is 1. The summed E-state index contributed by atoms with van der Waals surface area (Å²) in [6.45, 7) is 3.57. The molecule has 1 unspecified atom stereocenters. The maximum Gasteiger partial charge on any atom is 0.253 e. The maximum absolute atomic E-state index is 13.4. The first-order chi connectivity index (χ1) is 17.3. The highest BCUT2D eigenvalue weighted by atomic mass is 19.3. The normalized spacial score (nSPS) is 20.2. The number of nitrogens with zero attached hydrogens (tertiary/aromatic N) is 2. The van der Waals surface area contributed by atoms with Gasteiger partial charge in [0.05, 0.1) is 24.9 Å². The van der Waals surface area contributed by atoms with E-state index in [1.165, 1.54) is 12.1 Å².